The normalized spacial score (nSPS) is 11.8. The van der Waals surface area contributed by atoms with Crippen molar-refractivity contribution in [3.63, 3.8) is 0 Å². The van der Waals surface area contributed by atoms with Crippen LogP contribution in [-0.4, -0.2) is 44.1 Å². The maximum Gasteiger partial charge on any atom is 0.215 e. The van der Waals surface area contributed by atoms with Crippen LogP contribution in [0.15, 0.2) is 18.3 Å². The molecule has 0 saturated carbocycles. The monoisotopic (exact) mass is 243 g/mol. The van der Waals surface area contributed by atoms with E-state index >= 15 is 0 Å². The summed E-state index contributed by atoms with van der Waals surface area (Å²) in [5.74, 6) is 0.798. The summed E-state index contributed by atoms with van der Waals surface area (Å²) in [4.78, 5) is 4.12. The van der Waals surface area contributed by atoms with Crippen molar-refractivity contribution in [1.82, 2.24) is 9.29 Å². The highest BCUT2D eigenvalue weighted by Crippen LogP contribution is 2.08. The van der Waals surface area contributed by atoms with E-state index in [-0.39, 0.29) is 5.75 Å². The zero-order valence-electron chi connectivity index (χ0n) is 9.77. The molecule has 0 aliphatic carbocycles. The van der Waals surface area contributed by atoms with E-state index < -0.39 is 10.0 Å². The average Bonchev–Trinajstić information content (AvgIpc) is 2.20. The smallest absolute Gasteiger partial charge is 0.215 e. The highest BCUT2D eigenvalue weighted by atomic mass is 32.2. The van der Waals surface area contributed by atoms with Gasteiger partial charge in [-0.05, 0) is 18.6 Å². The molecular formula is C10H17N3O2S. The lowest BCUT2D eigenvalue weighted by Crippen LogP contribution is -2.28. The number of nitrogens with one attached hydrogen (secondary N) is 1. The van der Waals surface area contributed by atoms with Crippen molar-refractivity contribution < 1.29 is 8.42 Å². The second kappa shape index (κ2) is 5.27. The summed E-state index contributed by atoms with van der Waals surface area (Å²) >= 11 is 0. The largest absolute Gasteiger partial charge is 0.369 e. The minimum Gasteiger partial charge on any atom is -0.369 e. The molecule has 1 aromatic rings. The van der Waals surface area contributed by atoms with Crippen LogP contribution in [0.25, 0.3) is 0 Å². The molecule has 0 saturated heterocycles. The Bertz CT molecular complexity index is 443. The van der Waals surface area contributed by atoms with Crippen LogP contribution >= 0.6 is 0 Å². The van der Waals surface area contributed by atoms with Gasteiger partial charge in [-0.25, -0.2) is 17.7 Å². The first kappa shape index (κ1) is 12.9. The van der Waals surface area contributed by atoms with Gasteiger partial charge in [0, 0.05) is 26.8 Å². The van der Waals surface area contributed by atoms with Crippen molar-refractivity contribution in [2.45, 2.75) is 6.92 Å². The lowest BCUT2D eigenvalue weighted by atomic mass is 10.3. The molecule has 0 aliphatic heterocycles. The predicted octanol–water partition coefficient (Wildman–Crippen LogP) is 0.693. The van der Waals surface area contributed by atoms with Crippen LogP contribution in [0.3, 0.4) is 0 Å². The Kier molecular flexibility index (Phi) is 4.26. The van der Waals surface area contributed by atoms with Gasteiger partial charge >= 0.3 is 0 Å². The molecule has 0 bridgehead atoms. The summed E-state index contributed by atoms with van der Waals surface area (Å²) < 4.78 is 24.2. The van der Waals surface area contributed by atoms with Crippen LogP contribution in [0.2, 0.25) is 0 Å². The Labute approximate surface area is 96.5 Å². The fourth-order valence-corrected chi connectivity index (χ4v) is 1.88. The van der Waals surface area contributed by atoms with Gasteiger partial charge < -0.3 is 5.32 Å². The Morgan fingerprint density at radius 2 is 2.12 bits per heavy atom. The van der Waals surface area contributed by atoms with Crippen LogP contribution in [0.5, 0.6) is 0 Å². The molecule has 90 valence electrons. The summed E-state index contributed by atoms with van der Waals surface area (Å²) in [7, 11) is -0.0799. The number of hydrogen-bond acceptors (Lipinski definition) is 4. The van der Waals surface area contributed by atoms with Gasteiger partial charge in [-0.2, -0.15) is 0 Å². The molecule has 0 spiro atoms. The van der Waals surface area contributed by atoms with Crippen molar-refractivity contribution in [2.24, 2.45) is 0 Å². The summed E-state index contributed by atoms with van der Waals surface area (Å²) in [5, 5.41) is 3.01. The Morgan fingerprint density at radius 1 is 1.44 bits per heavy atom. The van der Waals surface area contributed by atoms with Gasteiger partial charge in [0.15, 0.2) is 0 Å². The van der Waals surface area contributed by atoms with E-state index in [9.17, 15) is 8.42 Å². The molecule has 0 aliphatic rings. The molecule has 0 atom stereocenters. The van der Waals surface area contributed by atoms with Crippen LogP contribution in [0, 0.1) is 6.92 Å². The van der Waals surface area contributed by atoms with E-state index in [1.165, 1.54) is 18.4 Å². The standard InChI is InChI=1S/C10H17N3O2S/c1-9-5-4-6-11-10(9)12-7-8-16(14,15)13(2)3/h4-6H,7-8H2,1-3H3,(H,11,12). The predicted molar refractivity (Wildman–Crippen MR) is 64.9 cm³/mol. The van der Waals surface area contributed by atoms with E-state index in [0.29, 0.717) is 6.54 Å². The number of anilines is 1. The summed E-state index contributed by atoms with van der Waals surface area (Å²) in [5.41, 5.74) is 1.00. The maximum atomic E-state index is 11.5. The first-order chi connectivity index (χ1) is 7.43. The first-order valence-corrected chi connectivity index (χ1v) is 6.60. The second-order valence-electron chi connectivity index (χ2n) is 3.69. The second-order valence-corrected chi connectivity index (χ2v) is 6.00. The van der Waals surface area contributed by atoms with E-state index in [0.717, 1.165) is 11.4 Å². The van der Waals surface area contributed by atoms with E-state index in [4.69, 9.17) is 0 Å². The Hall–Kier alpha value is -1.14. The van der Waals surface area contributed by atoms with Gasteiger partial charge in [0.05, 0.1) is 5.75 Å². The molecule has 0 unspecified atom stereocenters. The van der Waals surface area contributed by atoms with Gasteiger partial charge in [0.1, 0.15) is 5.82 Å². The minimum atomic E-state index is -3.14. The molecular weight excluding hydrogens is 226 g/mol. The van der Waals surface area contributed by atoms with Gasteiger partial charge in [0.25, 0.3) is 0 Å². The number of aromatic nitrogens is 1. The number of aryl methyl sites for hydroxylation is 1. The van der Waals surface area contributed by atoms with E-state index in [1.807, 2.05) is 19.1 Å². The highest BCUT2D eigenvalue weighted by Gasteiger charge is 2.12. The molecule has 0 fully saturated rings. The minimum absolute atomic E-state index is 0.0655. The number of hydrogen-bond donors (Lipinski definition) is 1. The number of sulfonamides is 1. The Morgan fingerprint density at radius 3 is 2.69 bits per heavy atom. The quantitative estimate of drug-likeness (QED) is 0.826. The van der Waals surface area contributed by atoms with Crippen LogP contribution < -0.4 is 5.32 Å². The number of pyridine rings is 1. The fourth-order valence-electron chi connectivity index (χ4n) is 1.15. The first-order valence-electron chi connectivity index (χ1n) is 4.99. The number of rotatable bonds is 5. The van der Waals surface area contributed by atoms with Crippen LogP contribution in [-0.2, 0) is 10.0 Å². The average molecular weight is 243 g/mol. The van der Waals surface area contributed by atoms with Gasteiger partial charge in [-0.15, -0.1) is 0 Å². The molecule has 0 amide bonds. The molecule has 16 heavy (non-hydrogen) atoms. The molecule has 6 heteroatoms. The number of nitrogens with zero attached hydrogens (tertiary/aromatic N) is 2. The SMILES string of the molecule is Cc1cccnc1NCCS(=O)(=O)N(C)C. The molecule has 5 nitrogen and oxygen atoms in total. The van der Waals surface area contributed by atoms with Crippen LogP contribution in [0.1, 0.15) is 5.56 Å². The highest BCUT2D eigenvalue weighted by molar-refractivity contribution is 7.89. The van der Waals surface area contributed by atoms with Gasteiger partial charge in [-0.1, -0.05) is 6.07 Å². The third kappa shape index (κ3) is 3.46. The van der Waals surface area contributed by atoms with Crippen molar-refractivity contribution in [3.8, 4) is 0 Å². The molecule has 0 radical (unpaired) electrons. The van der Waals surface area contributed by atoms with Gasteiger partial charge in [0.2, 0.25) is 10.0 Å². The topological polar surface area (TPSA) is 62.3 Å². The summed E-state index contributed by atoms with van der Waals surface area (Å²) in [6.45, 7) is 2.29. The zero-order chi connectivity index (χ0) is 12.2. The van der Waals surface area contributed by atoms with E-state index in [1.54, 1.807) is 6.20 Å². The molecule has 1 N–H and O–H groups in total. The molecule has 1 aromatic heterocycles. The van der Waals surface area contributed by atoms with Crippen molar-refractivity contribution in [1.29, 1.82) is 0 Å². The van der Waals surface area contributed by atoms with Gasteiger partial charge in [-0.3, -0.25) is 0 Å². The van der Waals surface area contributed by atoms with Crippen molar-refractivity contribution >= 4 is 15.8 Å². The summed E-state index contributed by atoms with van der Waals surface area (Å²) in [6, 6.07) is 3.77. The zero-order valence-corrected chi connectivity index (χ0v) is 10.6. The molecule has 0 aromatic carbocycles. The fraction of sp³-hybridized carbons (Fsp3) is 0.500. The molecule has 1 rings (SSSR count). The third-order valence-electron chi connectivity index (χ3n) is 2.22. The Balaban J connectivity index is 2.52. The van der Waals surface area contributed by atoms with Crippen LogP contribution in [0.4, 0.5) is 5.82 Å². The summed E-state index contributed by atoms with van der Waals surface area (Å²) in [6.07, 6.45) is 1.68. The van der Waals surface area contributed by atoms with Crippen molar-refractivity contribution in [3.05, 3.63) is 23.9 Å². The molecule has 1 heterocycles. The maximum absolute atomic E-state index is 11.5. The third-order valence-corrected chi connectivity index (χ3v) is 4.05. The van der Waals surface area contributed by atoms with Crippen molar-refractivity contribution in [2.75, 3.05) is 31.7 Å². The van der Waals surface area contributed by atoms with E-state index in [2.05, 4.69) is 10.3 Å². The lowest BCUT2D eigenvalue weighted by molar-refractivity contribution is 0.521. The lowest BCUT2D eigenvalue weighted by Gasteiger charge is -2.12.